The van der Waals surface area contributed by atoms with Gasteiger partial charge in [-0.1, -0.05) is 13.8 Å². The van der Waals surface area contributed by atoms with E-state index in [-0.39, 0.29) is 0 Å². The number of thiazole rings is 1. The number of rotatable bonds is 5. The van der Waals surface area contributed by atoms with Gasteiger partial charge in [-0.3, -0.25) is 4.40 Å². The Morgan fingerprint density at radius 3 is 2.86 bits per heavy atom. The molecule has 5 nitrogen and oxygen atoms in total. The van der Waals surface area contributed by atoms with Gasteiger partial charge in [-0.25, -0.2) is 4.98 Å². The van der Waals surface area contributed by atoms with Crippen LogP contribution in [0.1, 0.15) is 32.4 Å². The molecule has 1 fully saturated rings. The van der Waals surface area contributed by atoms with Gasteiger partial charge < -0.3 is 15.3 Å². The minimum absolute atomic E-state index is 0.313. The second kappa shape index (κ2) is 6.34. The summed E-state index contributed by atoms with van der Waals surface area (Å²) in [6.45, 7) is 7.46. The van der Waals surface area contributed by atoms with Crippen molar-refractivity contribution in [3.05, 3.63) is 17.3 Å². The molecule has 0 saturated carbocycles. The Bertz CT molecular complexity index is 584. The lowest BCUT2D eigenvalue weighted by atomic mass is 9.98. The van der Waals surface area contributed by atoms with Gasteiger partial charge in [-0.2, -0.15) is 0 Å². The first-order valence-corrected chi connectivity index (χ1v) is 8.60. The topological polar surface area (TPSA) is 52.8 Å². The molecule has 6 heteroatoms. The smallest absolute Gasteiger partial charge is 0.195 e. The molecule has 2 aromatic rings. The highest BCUT2D eigenvalue weighted by molar-refractivity contribution is 7.15. The van der Waals surface area contributed by atoms with Crippen molar-refractivity contribution >= 4 is 22.1 Å². The fourth-order valence-electron chi connectivity index (χ4n) is 2.87. The number of aliphatic hydroxyl groups excluding tert-OH is 1. The fourth-order valence-corrected chi connectivity index (χ4v) is 3.59. The van der Waals surface area contributed by atoms with Crippen LogP contribution < -0.4 is 10.2 Å². The van der Waals surface area contributed by atoms with Gasteiger partial charge in [0.05, 0.1) is 5.69 Å². The third-order valence-corrected chi connectivity index (χ3v) is 4.95. The molecule has 3 heterocycles. The molecular formula is C15H24N4OS. The molecule has 0 amide bonds. The third kappa shape index (κ3) is 3.07. The van der Waals surface area contributed by atoms with E-state index in [9.17, 15) is 5.11 Å². The van der Waals surface area contributed by atoms with E-state index in [4.69, 9.17) is 4.98 Å². The monoisotopic (exact) mass is 308 g/mol. The highest BCUT2D eigenvalue weighted by Gasteiger charge is 2.24. The second-order valence-corrected chi connectivity index (χ2v) is 6.96. The molecule has 0 radical (unpaired) electrons. The standard InChI is InChI=1S/C15H24N4OS/c1-11(2)16-9-13-14(17-15-19(13)7-8-21-15)18-5-3-12(10-20)4-6-18/h7-8,11-12,16,20H,3-6,9-10H2,1-2H3. The second-order valence-electron chi connectivity index (χ2n) is 6.09. The largest absolute Gasteiger partial charge is 0.396 e. The summed E-state index contributed by atoms with van der Waals surface area (Å²) < 4.78 is 2.20. The van der Waals surface area contributed by atoms with Crippen LogP contribution in [0, 0.1) is 5.92 Å². The van der Waals surface area contributed by atoms with E-state index in [1.165, 1.54) is 5.69 Å². The van der Waals surface area contributed by atoms with Gasteiger partial charge in [-0.05, 0) is 18.8 Å². The summed E-state index contributed by atoms with van der Waals surface area (Å²) in [4.78, 5) is 8.27. The molecule has 0 atom stereocenters. The first-order chi connectivity index (χ1) is 10.2. The van der Waals surface area contributed by atoms with Crippen molar-refractivity contribution in [2.45, 2.75) is 39.3 Å². The van der Waals surface area contributed by atoms with E-state index in [1.54, 1.807) is 11.3 Å². The quantitative estimate of drug-likeness (QED) is 0.888. The highest BCUT2D eigenvalue weighted by Crippen LogP contribution is 2.28. The number of piperidine rings is 1. The predicted octanol–water partition coefficient (Wildman–Crippen LogP) is 2.10. The van der Waals surface area contributed by atoms with Gasteiger partial charge in [0.15, 0.2) is 10.8 Å². The maximum absolute atomic E-state index is 9.28. The summed E-state index contributed by atoms with van der Waals surface area (Å²) in [5.41, 5.74) is 1.25. The molecule has 0 bridgehead atoms. The van der Waals surface area contributed by atoms with Crippen molar-refractivity contribution in [2.75, 3.05) is 24.6 Å². The van der Waals surface area contributed by atoms with Gasteiger partial charge >= 0.3 is 0 Å². The lowest BCUT2D eigenvalue weighted by molar-refractivity contribution is 0.202. The van der Waals surface area contributed by atoms with E-state index in [2.05, 4.69) is 40.0 Å². The van der Waals surface area contributed by atoms with E-state index < -0.39 is 0 Å². The molecule has 2 aromatic heterocycles. The van der Waals surface area contributed by atoms with Crippen LogP contribution in [0.3, 0.4) is 0 Å². The zero-order valence-electron chi connectivity index (χ0n) is 12.7. The van der Waals surface area contributed by atoms with E-state index in [0.717, 1.165) is 43.3 Å². The van der Waals surface area contributed by atoms with Crippen molar-refractivity contribution in [3.63, 3.8) is 0 Å². The van der Waals surface area contributed by atoms with E-state index in [0.29, 0.717) is 18.6 Å². The van der Waals surface area contributed by atoms with E-state index >= 15 is 0 Å². The molecule has 0 aliphatic carbocycles. The zero-order valence-corrected chi connectivity index (χ0v) is 13.6. The molecule has 1 saturated heterocycles. The number of aromatic nitrogens is 2. The molecule has 3 rings (SSSR count). The summed E-state index contributed by atoms with van der Waals surface area (Å²) in [5, 5.41) is 14.9. The number of fused-ring (bicyclic) bond motifs is 1. The van der Waals surface area contributed by atoms with Crippen molar-refractivity contribution in [1.82, 2.24) is 14.7 Å². The van der Waals surface area contributed by atoms with Gasteiger partial charge in [0.2, 0.25) is 0 Å². The minimum Gasteiger partial charge on any atom is -0.396 e. The lowest BCUT2D eigenvalue weighted by Gasteiger charge is -2.32. The summed E-state index contributed by atoms with van der Waals surface area (Å²) in [7, 11) is 0. The van der Waals surface area contributed by atoms with Crippen molar-refractivity contribution in [1.29, 1.82) is 0 Å². The maximum Gasteiger partial charge on any atom is 0.195 e. The molecular weight excluding hydrogens is 284 g/mol. The summed E-state index contributed by atoms with van der Waals surface area (Å²) in [6.07, 6.45) is 4.21. The van der Waals surface area contributed by atoms with Crippen LogP contribution in [0.15, 0.2) is 11.6 Å². The lowest BCUT2D eigenvalue weighted by Crippen LogP contribution is -2.36. The Morgan fingerprint density at radius 1 is 1.43 bits per heavy atom. The van der Waals surface area contributed by atoms with Crippen LogP contribution in [0.4, 0.5) is 5.82 Å². The van der Waals surface area contributed by atoms with E-state index in [1.807, 2.05) is 0 Å². The van der Waals surface area contributed by atoms with Crippen LogP contribution >= 0.6 is 11.3 Å². The van der Waals surface area contributed by atoms with Gasteiger partial charge in [0, 0.05) is 43.9 Å². The van der Waals surface area contributed by atoms with Crippen LogP contribution in [0.2, 0.25) is 0 Å². The molecule has 0 unspecified atom stereocenters. The number of nitrogens with one attached hydrogen (secondary N) is 1. The minimum atomic E-state index is 0.313. The highest BCUT2D eigenvalue weighted by atomic mass is 32.1. The maximum atomic E-state index is 9.28. The number of aliphatic hydroxyl groups is 1. The normalized spacial score (nSPS) is 17.2. The molecule has 2 N–H and O–H groups in total. The van der Waals surface area contributed by atoms with Crippen LogP contribution in [-0.4, -0.2) is 40.2 Å². The Kier molecular flexibility index (Phi) is 4.47. The van der Waals surface area contributed by atoms with Crippen LogP contribution in [-0.2, 0) is 6.54 Å². The average Bonchev–Trinajstić information content (AvgIpc) is 3.06. The number of anilines is 1. The van der Waals surface area contributed by atoms with Crippen LogP contribution in [0.25, 0.3) is 4.96 Å². The van der Waals surface area contributed by atoms with Gasteiger partial charge in [0.25, 0.3) is 0 Å². The Morgan fingerprint density at radius 2 is 2.19 bits per heavy atom. The number of nitrogens with zero attached hydrogens (tertiary/aromatic N) is 3. The number of hydrogen-bond acceptors (Lipinski definition) is 5. The first-order valence-electron chi connectivity index (χ1n) is 7.72. The first kappa shape index (κ1) is 14.8. The van der Waals surface area contributed by atoms with Crippen molar-refractivity contribution in [2.24, 2.45) is 5.92 Å². The number of imidazole rings is 1. The van der Waals surface area contributed by atoms with Gasteiger partial charge in [0.1, 0.15) is 0 Å². The molecule has 1 aliphatic rings. The predicted molar refractivity (Wildman–Crippen MR) is 87.1 cm³/mol. The third-order valence-electron chi connectivity index (χ3n) is 4.19. The van der Waals surface area contributed by atoms with Crippen molar-refractivity contribution < 1.29 is 5.11 Å². The molecule has 1 aliphatic heterocycles. The van der Waals surface area contributed by atoms with Crippen LogP contribution in [0.5, 0.6) is 0 Å². The van der Waals surface area contributed by atoms with Gasteiger partial charge in [-0.15, -0.1) is 11.3 Å². The molecule has 21 heavy (non-hydrogen) atoms. The molecule has 116 valence electrons. The SMILES string of the molecule is CC(C)NCc1c(N2CCC(CO)CC2)nc2sccn12. The molecule has 0 spiro atoms. The van der Waals surface area contributed by atoms with Crippen molar-refractivity contribution in [3.8, 4) is 0 Å². The Hall–Kier alpha value is -1.11. The molecule has 0 aromatic carbocycles. The summed E-state index contributed by atoms with van der Waals surface area (Å²) in [6, 6.07) is 0.460. The fraction of sp³-hybridized carbons (Fsp3) is 0.667. The zero-order chi connectivity index (χ0) is 14.8. The average molecular weight is 308 g/mol. The summed E-state index contributed by atoms with van der Waals surface area (Å²) >= 11 is 1.68. The number of hydrogen-bond donors (Lipinski definition) is 2. The Balaban J connectivity index is 1.83. The Labute approximate surface area is 129 Å². The summed E-state index contributed by atoms with van der Waals surface area (Å²) in [5.74, 6) is 1.58.